The second-order valence-electron chi connectivity index (χ2n) is 4.15. The molecule has 7 nitrogen and oxygen atoms in total. The molecule has 0 aliphatic rings. The molecule has 0 atom stereocenters. The summed E-state index contributed by atoms with van der Waals surface area (Å²) in [6, 6.07) is 0. The number of nitrogens with zero attached hydrogens (tertiary/aromatic N) is 4. The number of carbonyl (C=O) groups is 1. The first kappa shape index (κ1) is 15.5. The number of nitrogen functional groups attached to an aromatic ring is 1. The highest BCUT2D eigenvalue weighted by atomic mass is 32.2. The summed E-state index contributed by atoms with van der Waals surface area (Å²) in [6.45, 7) is 2.73. The van der Waals surface area contributed by atoms with Crippen molar-refractivity contribution in [1.29, 1.82) is 0 Å². The molecule has 0 saturated heterocycles. The van der Waals surface area contributed by atoms with Crippen molar-refractivity contribution in [2.24, 2.45) is 0 Å². The van der Waals surface area contributed by atoms with E-state index in [2.05, 4.69) is 20.3 Å². The lowest BCUT2D eigenvalue weighted by atomic mass is 10.5. The average molecular weight is 284 g/mol. The summed E-state index contributed by atoms with van der Waals surface area (Å²) in [5.41, 5.74) is 5.62. The number of thioether (sulfide) groups is 1. The predicted molar refractivity (Wildman–Crippen MR) is 78.0 cm³/mol. The van der Waals surface area contributed by atoms with Crippen LogP contribution in [-0.2, 0) is 10.5 Å². The fourth-order valence-electron chi connectivity index (χ4n) is 1.24. The van der Waals surface area contributed by atoms with Gasteiger partial charge in [-0.1, -0.05) is 6.92 Å². The molecular weight excluding hydrogens is 264 g/mol. The van der Waals surface area contributed by atoms with Crippen LogP contribution < -0.4 is 16.0 Å². The van der Waals surface area contributed by atoms with Crippen molar-refractivity contribution in [1.82, 2.24) is 20.3 Å². The van der Waals surface area contributed by atoms with Gasteiger partial charge in [-0.3, -0.25) is 4.79 Å². The number of aromatic nitrogens is 3. The number of rotatable bonds is 7. The Morgan fingerprint density at radius 3 is 2.74 bits per heavy atom. The molecule has 0 aromatic carbocycles. The maximum absolute atomic E-state index is 11.4. The number of amides is 1. The van der Waals surface area contributed by atoms with Gasteiger partial charge < -0.3 is 16.0 Å². The molecular formula is C11H20N6OS. The zero-order valence-corrected chi connectivity index (χ0v) is 12.3. The Balaban J connectivity index is 2.47. The minimum Gasteiger partial charge on any atom is -0.368 e. The lowest BCUT2D eigenvalue weighted by molar-refractivity contribution is -0.118. The highest BCUT2D eigenvalue weighted by Gasteiger charge is 2.07. The quantitative estimate of drug-likeness (QED) is 0.742. The molecule has 8 heteroatoms. The van der Waals surface area contributed by atoms with Crippen LogP contribution in [0.1, 0.15) is 19.2 Å². The van der Waals surface area contributed by atoms with Gasteiger partial charge in [-0.2, -0.15) is 15.0 Å². The summed E-state index contributed by atoms with van der Waals surface area (Å²) < 4.78 is 0. The van der Waals surface area contributed by atoms with Crippen molar-refractivity contribution in [3.05, 3.63) is 5.82 Å². The van der Waals surface area contributed by atoms with E-state index in [0.717, 1.165) is 6.42 Å². The first-order valence-electron chi connectivity index (χ1n) is 6.05. The lowest BCUT2D eigenvalue weighted by Gasteiger charge is -2.11. The van der Waals surface area contributed by atoms with Gasteiger partial charge in [-0.05, 0) is 6.42 Å². The maximum Gasteiger partial charge on any atom is 0.230 e. The summed E-state index contributed by atoms with van der Waals surface area (Å²) >= 11 is 1.46. The Morgan fingerprint density at radius 1 is 1.37 bits per heavy atom. The molecule has 3 N–H and O–H groups in total. The van der Waals surface area contributed by atoms with E-state index >= 15 is 0 Å². The Bertz CT molecular complexity index is 426. The number of nitrogens with two attached hydrogens (primary N) is 1. The number of carbonyl (C=O) groups excluding carboxylic acids is 1. The highest BCUT2D eigenvalue weighted by molar-refractivity contribution is 7.99. The average Bonchev–Trinajstić information content (AvgIpc) is 2.35. The van der Waals surface area contributed by atoms with Crippen LogP contribution in [0.2, 0.25) is 0 Å². The number of hydrogen-bond donors (Lipinski definition) is 2. The second-order valence-corrected chi connectivity index (χ2v) is 5.13. The van der Waals surface area contributed by atoms with Crippen LogP contribution in [0.25, 0.3) is 0 Å². The molecule has 0 spiro atoms. The molecule has 1 heterocycles. The zero-order valence-electron chi connectivity index (χ0n) is 11.5. The molecule has 0 bridgehead atoms. The van der Waals surface area contributed by atoms with Crippen LogP contribution in [0.4, 0.5) is 11.9 Å². The van der Waals surface area contributed by atoms with E-state index in [-0.39, 0.29) is 11.9 Å². The topological polar surface area (TPSA) is 97.0 Å². The van der Waals surface area contributed by atoms with E-state index < -0.39 is 0 Å². The molecule has 1 aromatic rings. The van der Waals surface area contributed by atoms with E-state index in [0.29, 0.717) is 29.8 Å². The fourth-order valence-corrected chi connectivity index (χ4v) is 1.94. The Labute approximate surface area is 117 Å². The third-order valence-electron chi connectivity index (χ3n) is 2.12. The van der Waals surface area contributed by atoms with Crippen LogP contribution in [0.5, 0.6) is 0 Å². The number of anilines is 2. The van der Waals surface area contributed by atoms with Gasteiger partial charge in [-0.15, -0.1) is 11.8 Å². The van der Waals surface area contributed by atoms with Crippen molar-refractivity contribution in [2.45, 2.75) is 19.1 Å². The molecule has 1 aromatic heterocycles. The standard InChI is InChI=1S/C11H20N6OS/c1-4-5-13-9(18)7-19-6-8-14-10(12)16-11(15-8)17(2)3/h4-7H2,1-3H3,(H,13,18)(H2,12,14,15,16). The van der Waals surface area contributed by atoms with Gasteiger partial charge in [0.25, 0.3) is 0 Å². The smallest absolute Gasteiger partial charge is 0.230 e. The molecule has 0 saturated carbocycles. The third-order valence-corrected chi connectivity index (χ3v) is 3.05. The van der Waals surface area contributed by atoms with Crippen LogP contribution in [0, 0.1) is 0 Å². The van der Waals surface area contributed by atoms with Crippen molar-refractivity contribution >= 4 is 29.6 Å². The SMILES string of the molecule is CCCNC(=O)CSCc1nc(N)nc(N(C)C)n1. The molecule has 19 heavy (non-hydrogen) atoms. The van der Waals surface area contributed by atoms with Gasteiger partial charge in [0.05, 0.1) is 11.5 Å². The molecule has 0 unspecified atom stereocenters. The van der Waals surface area contributed by atoms with E-state index in [1.54, 1.807) is 4.90 Å². The van der Waals surface area contributed by atoms with Gasteiger partial charge in [0.15, 0.2) is 0 Å². The molecule has 0 aliphatic heterocycles. The highest BCUT2D eigenvalue weighted by Crippen LogP contribution is 2.12. The molecule has 0 radical (unpaired) electrons. The summed E-state index contributed by atoms with van der Waals surface area (Å²) in [7, 11) is 3.67. The van der Waals surface area contributed by atoms with Gasteiger partial charge in [-0.25, -0.2) is 0 Å². The largest absolute Gasteiger partial charge is 0.368 e. The molecule has 1 amide bonds. The van der Waals surface area contributed by atoms with E-state index in [1.165, 1.54) is 11.8 Å². The summed E-state index contributed by atoms with van der Waals surface area (Å²) in [5, 5.41) is 2.81. The lowest BCUT2D eigenvalue weighted by Crippen LogP contribution is -2.25. The van der Waals surface area contributed by atoms with E-state index in [9.17, 15) is 4.79 Å². The van der Waals surface area contributed by atoms with Crippen LogP contribution in [0.3, 0.4) is 0 Å². The van der Waals surface area contributed by atoms with Crippen LogP contribution >= 0.6 is 11.8 Å². The van der Waals surface area contributed by atoms with E-state index in [4.69, 9.17) is 5.73 Å². The van der Waals surface area contributed by atoms with Crippen LogP contribution in [-0.4, -0.2) is 47.3 Å². The fraction of sp³-hybridized carbons (Fsp3) is 0.636. The maximum atomic E-state index is 11.4. The Hall–Kier alpha value is -1.57. The predicted octanol–water partition coefficient (Wildman–Crippen LogP) is 0.279. The summed E-state index contributed by atoms with van der Waals surface area (Å²) in [5.74, 6) is 2.27. The van der Waals surface area contributed by atoms with Gasteiger partial charge in [0.1, 0.15) is 5.82 Å². The molecule has 106 valence electrons. The summed E-state index contributed by atoms with van der Waals surface area (Å²) in [4.78, 5) is 25.5. The summed E-state index contributed by atoms with van der Waals surface area (Å²) in [6.07, 6.45) is 0.937. The van der Waals surface area contributed by atoms with Crippen molar-refractivity contribution < 1.29 is 4.79 Å². The first-order chi connectivity index (χ1) is 9.02. The van der Waals surface area contributed by atoms with E-state index in [1.807, 2.05) is 21.0 Å². The van der Waals surface area contributed by atoms with Gasteiger partial charge in [0.2, 0.25) is 17.8 Å². The number of nitrogens with one attached hydrogen (secondary N) is 1. The zero-order chi connectivity index (χ0) is 14.3. The number of hydrogen-bond acceptors (Lipinski definition) is 7. The normalized spacial score (nSPS) is 10.3. The molecule has 0 aliphatic carbocycles. The molecule has 1 rings (SSSR count). The van der Waals surface area contributed by atoms with Gasteiger partial charge in [0, 0.05) is 20.6 Å². The first-order valence-corrected chi connectivity index (χ1v) is 7.20. The second kappa shape index (κ2) is 7.78. The monoisotopic (exact) mass is 284 g/mol. The van der Waals surface area contributed by atoms with Crippen LogP contribution in [0.15, 0.2) is 0 Å². The Morgan fingerprint density at radius 2 is 2.11 bits per heavy atom. The molecule has 0 fully saturated rings. The van der Waals surface area contributed by atoms with Crippen molar-refractivity contribution in [3.8, 4) is 0 Å². The van der Waals surface area contributed by atoms with Crippen molar-refractivity contribution in [3.63, 3.8) is 0 Å². The van der Waals surface area contributed by atoms with Crippen molar-refractivity contribution in [2.75, 3.05) is 37.0 Å². The minimum atomic E-state index is 0.0294. The Kier molecular flexibility index (Phi) is 6.34. The van der Waals surface area contributed by atoms with Gasteiger partial charge >= 0.3 is 0 Å². The minimum absolute atomic E-state index is 0.0294. The third kappa shape index (κ3) is 5.73.